The summed E-state index contributed by atoms with van der Waals surface area (Å²) in [5.41, 5.74) is 0. The summed E-state index contributed by atoms with van der Waals surface area (Å²) >= 11 is 0. The third-order valence-corrected chi connectivity index (χ3v) is 4.50. The number of methoxy groups -OCH3 is 1. The number of hydrogen-bond donors (Lipinski definition) is 2. The van der Waals surface area contributed by atoms with Crippen LogP contribution in [0.4, 0.5) is 4.79 Å². The van der Waals surface area contributed by atoms with Gasteiger partial charge in [-0.15, -0.1) is 0 Å². The van der Waals surface area contributed by atoms with Crippen molar-refractivity contribution < 1.29 is 19.4 Å². The Morgan fingerprint density at radius 1 is 1.30 bits per heavy atom. The molecule has 0 radical (unpaired) electrons. The molecule has 6 nitrogen and oxygen atoms in total. The molecule has 0 aromatic heterocycles. The summed E-state index contributed by atoms with van der Waals surface area (Å²) in [5.74, 6) is -0.428. The van der Waals surface area contributed by atoms with Crippen LogP contribution in [0.1, 0.15) is 38.5 Å². The predicted octanol–water partition coefficient (Wildman–Crippen LogP) is 1.45. The number of likely N-dealkylation sites (tertiary alicyclic amines) is 1. The van der Waals surface area contributed by atoms with Crippen molar-refractivity contribution in [2.24, 2.45) is 5.92 Å². The molecule has 2 aliphatic rings. The van der Waals surface area contributed by atoms with Crippen LogP contribution in [0.3, 0.4) is 0 Å². The Morgan fingerprint density at radius 2 is 2.00 bits per heavy atom. The van der Waals surface area contributed by atoms with Crippen LogP contribution in [-0.2, 0) is 9.53 Å². The zero-order valence-corrected chi connectivity index (χ0v) is 12.0. The third-order valence-electron chi connectivity index (χ3n) is 4.50. The topological polar surface area (TPSA) is 78.9 Å². The quantitative estimate of drug-likeness (QED) is 0.819. The first-order valence-electron chi connectivity index (χ1n) is 7.43. The molecule has 1 heterocycles. The van der Waals surface area contributed by atoms with E-state index in [0.717, 1.165) is 19.4 Å². The number of ether oxygens (including phenoxy) is 1. The lowest BCUT2D eigenvalue weighted by Gasteiger charge is -2.44. The third kappa shape index (κ3) is 3.42. The molecule has 2 rings (SSSR count). The number of rotatable bonds is 4. The SMILES string of the molecule is COC(CNC(=O)N1CCC[C@H]2CCCC[C@H]21)C(=O)O. The predicted molar refractivity (Wildman–Crippen MR) is 73.5 cm³/mol. The Labute approximate surface area is 119 Å². The molecular weight excluding hydrogens is 260 g/mol. The molecule has 1 saturated carbocycles. The van der Waals surface area contributed by atoms with Crippen molar-refractivity contribution in [3.63, 3.8) is 0 Å². The van der Waals surface area contributed by atoms with E-state index < -0.39 is 12.1 Å². The Kier molecular flexibility index (Phi) is 5.23. The number of amides is 2. The minimum Gasteiger partial charge on any atom is -0.479 e. The summed E-state index contributed by atoms with van der Waals surface area (Å²) in [6.45, 7) is 0.788. The van der Waals surface area contributed by atoms with Gasteiger partial charge in [-0.05, 0) is 31.6 Å². The molecular formula is C14H24N2O4. The van der Waals surface area contributed by atoms with Crippen LogP contribution in [0.5, 0.6) is 0 Å². The second-order valence-electron chi connectivity index (χ2n) is 5.70. The standard InChI is InChI=1S/C14H24N2O4/c1-20-12(13(17)18)9-15-14(19)16-8-4-6-10-5-2-3-7-11(10)16/h10-12H,2-9H2,1H3,(H,15,19)(H,17,18)/t10-,11-,12?/m1/s1. The molecule has 2 amide bonds. The van der Waals surface area contributed by atoms with Crippen LogP contribution < -0.4 is 5.32 Å². The van der Waals surface area contributed by atoms with E-state index in [4.69, 9.17) is 9.84 Å². The lowest BCUT2D eigenvalue weighted by molar-refractivity contribution is -0.148. The monoisotopic (exact) mass is 284 g/mol. The molecule has 0 aromatic rings. The van der Waals surface area contributed by atoms with E-state index in [1.807, 2.05) is 4.90 Å². The average Bonchev–Trinajstić information content (AvgIpc) is 2.46. The molecule has 2 N–H and O–H groups in total. The lowest BCUT2D eigenvalue weighted by Crippen LogP contribution is -2.54. The smallest absolute Gasteiger partial charge is 0.334 e. The van der Waals surface area contributed by atoms with Gasteiger partial charge in [-0.1, -0.05) is 12.8 Å². The largest absolute Gasteiger partial charge is 0.479 e. The summed E-state index contributed by atoms with van der Waals surface area (Å²) in [6.07, 6.45) is 6.01. The van der Waals surface area contributed by atoms with E-state index in [9.17, 15) is 9.59 Å². The number of piperidine rings is 1. The van der Waals surface area contributed by atoms with Crippen LogP contribution in [-0.4, -0.2) is 54.4 Å². The summed E-state index contributed by atoms with van der Waals surface area (Å²) in [4.78, 5) is 25.0. The first-order chi connectivity index (χ1) is 9.63. The fourth-order valence-electron chi connectivity index (χ4n) is 3.43. The van der Waals surface area contributed by atoms with Gasteiger partial charge in [0.2, 0.25) is 0 Å². The molecule has 1 aliphatic carbocycles. The van der Waals surface area contributed by atoms with Crippen LogP contribution in [0.25, 0.3) is 0 Å². The zero-order valence-electron chi connectivity index (χ0n) is 12.0. The van der Waals surface area contributed by atoms with Crippen molar-refractivity contribution in [2.45, 2.75) is 50.7 Å². The fraction of sp³-hybridized carbons (Fsp3) is 0.857. The van der Waals surface area contributed by atoms with Crippen molar-refractivity contribution in [2.75, 3.05) is 20.2 Å². The molecule has 0 bridgehead atoms. The number of carbonyl (C=O) groups excluding carboxylic acids is 1. The normalized spacial score (nSPS) is 27.6. The van der Waals surface area contributed by atoms with E-state index in [1.165, 1.54) is 32.8 Å². The molecule has 1 aliphatic heterocycles. The highest BCUT2D eigenvalue weighted by Gasteiger charge is 2.35. The summed E-state index contributed by atoms with van der Waals surface area (Å²) in [6, 6.07) is 0.188. The van der Waals surface area contributed by atoms with Crippen LogP contribution in [0, 0.1) is 5.92 Å². The van der Waals surface area contributed by atoms with Gasteiger partial charge < -0.3 is 20.1 Å². The van der Waals surface area contributed by atoms with E-state index in [2.05, 4.69) is 5.32 Å². The van der Waals surface area contributed by atoms with Gasteiger partial charge in [-0.3, -0.25) is 0 Å². The molecule has 3 atom stereocenters. The number of aliphatic carboxylic acids is 1. The van der Waals surface area contributed by atoms with Gasteiger partial charge >= 0.3 is 12.0 Å². The Morgan fingerprint density at radius 3 is 2.70 bits per heavy atom. The maximum Gasteiger partial charge on any atom is 0.334 e. The van der Waals surface area contributed by atoms with Gasteiger partial charge in [0.05, 0.1) is 6.54 Å². The maximum atomic E-state index is 12.3. The summed E-state index contributed by atoms with van der Waals surface area (Å²) < 4.78 is 4.82. The van der Waals surface area contributed by atoms with Crippen LogP contribution in [0.15, 0.2) is 0 Å². The molecule has 2 fully saturated rings. The molecule has 0 spiro atoms. The lowest BCUT2D eigenvalue weighted by atomic mass is 9.78. The summed E-state index contributed by atoms with van der Waals surface area (Å²) in [5, 5.41) is 11.6. The van der Waals surface area contributed by atoms with Gasteiger partial charge in [0.15, 0.2) is 6.10 Å². The minimum atomic E-state index is -1.05. The highest BCUT2D eigenvalue weighted by atomic mass is 16.5. The van der Waals surface area contributed by atoms with Crippen LogP contribution in [0.2, 0.25) is 0 Å². The zero-order chi connectivity index (χ0) is 14.5. The highest BCUT2D eigenvalue weighted by molar-refractivity contribution is 5.77. The fourth-order valence-corrected chi connectivity index (χ4v) is 3.43. The second-order valence-corrected chi connectivity index (χ2v) is 5.70. The van der Waals surface area contributed by atoms with Crippen molar-refractivity contribution in [1.82, 2.24) is 10.2 Å². The number of urea groups is 1. The molecule has 1 unspecified atom stereocenters. The van der Waals surface area contributed by atoms with E-state index in [-0.39, 0.29) is 12.6 Å². The number of hydrogen-bond acceptors (Lipinski definition) is 3. The number of nitrogens with one attached hydrogen (secondary N) is 1. The van der Waals surface area contributed by atoms with Gasteiger partial charge in [0.25, 0.3) is 0 Å². The van der Waals surface area contributed by atoms with Gasteiger partial charge in [0.1, 0.15) is 0 Å². The van der Waals surface area contributed by atoms with Crippen molar-refractivity contribution in [3.8, 4) is 0 Å². The summed E-state index contributed by atoms with van der Waals surface area (Å²) in [7, 11) is 1.34. The molecule has 114 valence electrons. The highest BCUT2D eigenvalue weighted by Crippen LogP contribution is 2.35. The Hall–Kier alpha value is -1.30. The Balaban J connectivity index is 1.89. The molecule has 6 heteroatoms. The molecule has 20 heavy (non-hydrogen) atoms. The van der Waals surface area contributed by atoms with E-state index >= 15 is 0 Å². The van der Waals surface area contributed by atoms with Gasteiger partial charge in [-0.2, -0.15) is 0 Å². The van der Waals surface area contributed by atoms with Crippen molar-refractivity contribution in [1.29, 1.82) is 0 Å². The van der Waals surface area contributed by atoms with Gasteiger partial charge in [0, 0.05) is 19.7 Å². The van der Waals surface area contributed by atoms with E-state index in [0.29, 0.717) is 12.0 Å². The maximum absolute atomic E-state index is 12.3. The minimum absolute atomic E-state index is 0.0125. The first kappa shape index (κ1) is 15.1. The second kappa shape index (κ2) is 6.92. The van der Waals surface area contributed by atoms with Crippen LogP contribution >= 0.6 is 0 Å². The Bertz CT molecular complexity index is 359. The van der Waals surface area contributed by atoms with Crippen molar-refractivity contribution in [3.05, 3.63) is 0 Å². The number of nitrogens with zero attached hydrogens (tertiary/aromatic N) is 1. The molecule has 0 aromatic carbocycles. The molecule has 1 saturated heterocycles. The number of carboxylic acid groups (broad SMARTS) is 1. The number of carbonyl (C=O) groups is 2. The first-order valence-corrected chi connectivity index (χ1v) is 7.43. The van der Waals surface area contributed by atoms with Crippen molar-refractivity contribution >= 4 is 12.0 Å². The van der Waals surface area contributed by atoms with E-state index in [1.54, 1.807) is 0 Å². The average molecular weight is 284 g/mol. The number of carboxylic acids is 1. The van der Waals surface area contributed by atoms with Gasteiger partial charge in [-0.25, -0.2) is 9.59 Å². The number of fused-ring (bicyclic) bond motifs is 1.